The van der Waals surface area contributed by atoms with Gasteiger partial charge in [0.25, 0.3) is 0 Å². The molecule has 0 bridgehead atoms. The van der Waals surface area contributed by atoms with Crippen LogP contribution in [0.2, 0.25) is 0 Å². The van der Waals surface area contributed by atoms with Crippen molar-refractivity contribution in [2.24, 2.45) is 5.73 Å². The summed E-state index contributed by atoms with van der Waals surface area (Å²) in [4.78, 5) is 0. The minimum Gasteiger partial charge on any atom is -0.493 e. The molecular formula is C15H20N6O2. The summed E-state index contributed by atoms with van der Waals surface area (Å²) in [6.07, 6.45) is 6.76. The summed E-state index contributed by atoms with van der Waals surface area (Å²) < 4.78 is 13.2. The monoisotopic (exact) mass is 316 g/mol. The number of aromatic nitrogens is 5. The van der Waals surface area contributed by atoms with Crippen LogP contribution in [-0.2, 0) is 4.74 Å². The molecule has 0 aliphatic heterocycles. The summed E-state index contributed by atoms with van der Waals surface area (Å²) >= 11 is 0. The molecule has 0 aliphatic carbocycles. The Morgan fingerprint density at radius 1 is 1.09 bits per heavy atom. The topological polar surface area (TPSA) is 104 Å². The van der Waals surface area contributed by atoms with Crippen LogP contribution in [0.25, 0.3) is 16.6 Å². The van der Waals surface area contributed by atoms with Crippen LogP contribution in [0.15, 0.2) is 31.0 Å². The first-order valence-electron chi connectivity index (χ1n) is 7.61. The summed E-state index contributed by atoms with van der Waals surface area (Å²) in [7, 11) is 0. The zero-order valence-corrected chi connectivity index (χ0v) is 12.8. The standard InChI is InChI=1S/C15H20N6O2/c16-3-1-4-22-5-2-6-23-15-8-12(21-10-18-19-11-21)7-14-13(15)9-17-20-14/h7-11H,1-6,16H2,(H,17,20). The van der Waals surface area contributed by atoms with Gasteiger partial charge in [0.1, 0.15) is 18.4 Å². The Bertz CT molecular complexity index is 725. The van der Waals surface area contributed by atoms with Gasteiger partial charge in [-0.15, -0.1) is 10.2 Å². The number of hydrogen-bond donors (Lipinski definition) is 2. The van der Waals surface area contributed by atoms with Crippen molar-refractivity contribution in [1.82, 2.24) is 25.0 Å². The molecule has 2 heterocycles. The van der Waals surface area contributed by atoms with E-state index in [1.807, 2.05) is 16.7 Å². The van der Waals surface area contributed by atoms with Gasteiger partial charge in [-0.25, -0.2) is 0 Å². The van der Waals surface area contributed by atoms with E-state index in [-0.39, 0.29) is 0 Å². The number of aromatic amines is 1. The highest BCUT2D eigenvalue weighted by molar-refractivity contribution is 5.86. The van der Waals surface area contributed by atoms with Gasteiger partial charge in [-0.05, 0) is 19.0 Å². The van der Waals surface area contributed by atoms with Gasteiger partial charge >= 0.3 is 0 Å². The fraction of sp³-hybridized carbons (Fsp3) is 0.400. The summed E-state index contributed by atoms with van der Waals surface area (Å²) in [5.74, 6) is 0.780. The Labute approximate surface area is 133 Å². The van der Waals surface area contributed by atoms with Crippen LogP contribution in [0, 0.1) is 0 Å². The van der Waals surface area contributed by atoms with Crippen molar-refractivity contribution in [3.8, 4) is 11.4 Å². The highest BCUT2D eigenvalue weighted by Gasteiger charge is 2.08. The first-order chi connectivity index (χ1) is 11.4. The average Bonchev–Trinajstić information content (AvgIpc) is 3.24. The van der Waals surface area contributed by atoms with Crippen LogP contribution in [0.3, 0.4) is 0 Å². The molecule has 0 saturated carbocycles. The second-order valence-corrected chi connectivity index (χ2v) is 5.10. The molecule has 0 spiro atoms. The smallest absolute Gasteiger partial charge is 0.132 e. The van der Waals surface area contributed by atoms with Crippen molar-refractivity contribution in [3.05, 3.63) is 31.0 Å². The van der Waals surface area contributed by atoms with Crippen LogP contribution in [0.5, 0.6) is 5.75 Å². The lowest BCUT2D eigenvalue weighted by Gasteiger charge is -2.10. The van der Waals surface area contributed by atoms with Gasteiger partial charge in [0.05, 0.1) is 29.4 Å². The molecule has 23 heavy (non-hydrogen) atoms. The Hall–Kier alpha value is -2.45. The maximum Gasteiger partial charge on any atom is 0.132 e. The van der Waals surface area contributed by atoms with Crippen LogP contribution in [-0.4, -0.2) is 51.3 Å². The van der Waals surface area contributed by atoms with Gasteiger partial charge < -0.3 is 15.2 Å². The predicted octanol–water partition coefficient (Wildman–Crippen LogP) is 1.28. The minimum absolute atomic E-state index is 0.578. The van der Waals surface area contributed by atoms with Gasteiger partial charge in [-0.2, -0.15) is 5.10 Å². The van der Waals surface area contributed by atoms with Crippen LogP contribution < -0.4 is 10.5 Å². The maximum absolute atomic E-state index is 5.90. The number of hydrogen-bond acceptors (Lipinski definition) is 6. The Morgan fingerprint density at radius 3 is 2.74 bits per heavy atom. The van der Waals surface area contributed by atoms with Crippen LogP contribution in [0.1, 0.15) is 12.8 Å². The lowest BCUT2D eigenvalue weighted by molar-refractivity contribution is 0.119. The summed E-state index contributed by atoms with van der Waals surface area (Å²) in [6.45, 7) is 2.60. The third kappa shape index (κ3) is 3.85. The molecule has 2 aromatic heterocycles. The molecule has 3 aromatic rings. The second kappa shape index (κ2) is 7.70. The quantitative estimate of drug-likeness (QED) is 0.576. The molecule has 0 radical (unpaired) electrons. The molecule has 1 aromatic carbocycles. The van der Waals surface area contributed by atoms with Crippen molar-refractivity contribution in [2.75, 3.05) is 26.4 Å². The Kier molecular flexibility index (Phi) is 5.17. The van der Waals surface area contributed by atoms with E-state index in [4.69, 9.17) is 15.2 Å². The molecule has 0 amide bonds. The molecule has 0 fully saturated rings. The highest BCUT2D eigenvalue weighted by Crippen LogP contribution is 2.27. The molecule has 8 nitrogen and oxygen atoms in total. The molecular weight excluding hydrogens is 296 g/mol. The molecule has 122 valence electrons. The zero-order valence-electron chi connectivity index (χ0n) is 12.8. The number of ether oxygens (including phenoxy) is 2. The van der Waals surface area contributed by atoms with E-state index in [1.165, 1.54) is 0 Å². The van der Waals surface area contributed by atoms with Crippen LogP contribution >= 0.6 is 0 Å². The summed E-state index contributed by atoms with van der Waals surface area (Å²) in [6, 6.07) is 3.94. The number of rotatable bonds is 9. The number of H-pyrrole nitrogens is 1. The number of nitrogens with zero attached hydrogens (tertiary/aromatic N) is 4. The van der Waals surface area contributed by atoms with Crippen LogP contribution in [0.4, 0.5) is 0 Å². The van der Waals surface area contributed by atoms with E-state index in [9.17, 15) is 0 Å². The first kappa shape index (κ1) is 15.4. The largest absolute Gasteiger partial charge is 0.493 e. The van der Waals surface area contributed by atoms with E-state index < -0.39 is 0 Å². The van der Waals surface area contributed by atoms with E-state index >= 15 is 0 Å². The van der Waals surface area contributed by atoms with E-state index in [0.29, 0.717) is 26.4 Å². The highest BCUT2D eigenvalue weighted by atomic mass is 16.5. The van der Waals surface area contributed by atoms with Gasteiger partial charge in [-0.1, -0.05) is 0 Å². The SMILES string of the molecule is NCCCOCCCOc1cc(-n2cnnc2)cc2[nH]ncc12. The number of nitrogens with one attached hydrogen (secondary N) is 1. The molecule has 0 atom stereocenters. The van der Waals surface area contributed by atoms with E-state index in [1.54, 1.807) is 18.9 Å². The predicted molar refractivity (Wildman–Crippen MR) is 85.6 cm³/mol. The molecule has 0 saturated heterocycles. The van der Waals surface area contributed by atoms with Gasteiger partial charge in [0.2, 0.25) is 0 Å². The van der Waals surface area contributed by atoms with Gasteiger partial charge in [-0.3, -0.25) is 9.67 Å². The average molecular weight is 316 g/mol. The fourth-order valence-electron chi connectivity index (χ4n) is 2.24. The second-order valence-electron chi connectivity index (χ2n) is 5.10. The van der Waals surface area contributed by atoms with Crippen molar-refractivity contribution in [2.45, 2.75) is 12.8 Å². The van der Waals surface area contributed by atoms with Crippen molar-refractivity contribution in [3.63, 3.8) is 0 Å². The molecule has 0 unspecified atom stereocenters. The van der Waals surface area contributed by atoms with Crippen molar-refractivity contribution in [1.29, 1.82) is 0 Å². The fourth-order valence-corrected chi connectivity index (χ4v) is 2.24. The molecule has 3 rings (SSSR count). The maximum atomic E-state index is 5.90. The normalized spacial score (nSPS) is 11.2. The molecule has 8 heteroatoms. The number of fused-ring (bicyclic) bond motifs is 1. The summed E-state index contributed by atoms with van der Waals surface area (Å²) in [5, 5.41) is 15.7. The van der Waals surface area contributed by atoms with Gasteiger partial charge in [0, 0.05) is 25.7 Å². The summed E-state index contributed by atoms with van der Waals surface area (Å²) in [5.41, 5.74) is 7.24. The first-order valence-corrected chi connectivity index (χ1v) is 7.61. The van der Waals surface area contributed by atoms with E-state index in [0.717, 1.165) is 35.2 Å². The van der Waals surface area contributed by atoms with Crippen molar-refractivity contribution >= 4 is 10.9 Å². The lowest BCUT2D eigenvalue weighted by Crippen LogP contribution is -2.07. The third-order valence-electron chi connectivity index (χ3n) is 3.41. The number of benzene rings is 1. The molecule has 0 aliphatic rings. The zero-order chi connectivity index (χ0) is 15.9. The van der Waals surface area contributed by atoms with Gasteiger partial charge in [0.15, 0.2) is 0 Å². The van der Waals surface area contributed by atoms with E-state index in [2.05, 4.69) is 20.4 Å². The Morgan fingerprint density at radius 2 is 1.91 bits per heavy atom. The third-order valence-corrected chi connectivity index (χ3v) is 3.41. The lowest BCUT2D eigenvalue weighted by atomic mass is 10.2. The minimum atomic E-state index is 0.578. The molecule has 3 N–H and O–H groups in total. The number of nitrogens with two attached hydrogens (primary N) is 1. The Balaban J connectivity index is 1.64. The van der Waals surface area contributed by atoms with Crippen molar-refractivity contribution < 1.29 is 9.47 Å².